The first-order chi connectivity index (χ1) is 9.65. The lowest BCUT2D eigenvalue weighted by Crippen LogP contribution is -2.02. The van der Waals surface area contributed by atoms with Gasteiger partial charge in [-0.3, -0.25) is 0 Å². The van der Waals surface area contributed by atoms with E-state index in [9.17, 15) is 4.39 Å². The Balaban J connectivity index is 1.83. The van der Waals surface area contributed by atoms with Gasteiger partial charge >= 0.3 is 0 Å². The predicted molar refractivity (Wildman–Crippen MR) is 79.0 cm³/mol. The minimum Gasteiger partial charge on any atom is -0.454 e. The van der Waals surface area contributed by atoms with E-state index in [1.165, 1.54) is 12.1 Å². The van der Waals surface area contributed by atoms with E-state index < -0.39 is 0 Å². The zero-order chi connectivity index (χ0) is 14.1. The van der Waals surface area contributed by atoms with Gasteiger partial charge in [-0.15, -0.1) is 0 Å². The van der Waals surface area contributed by atoms with Crippen molar-refractivity contribution in [2.24, 2.45) is 0 Å². The molecule has 0 saturated carbocycles. The van der Waals surface area contributed by atoms with Crippen molar-refractivity contribution in [3.63, 3.8) is 0 Å². The Morgan fingerprint density at radius 3 is 2.95 bits per heavy atom. The zero-order valence-electron chi connectivity index (χ0n) is 10.3. The molecule has 104 valence electrons. The largest absolute Gasteiger partial charge is 0.454 e. The van der Waals surface area contributed by atoms with E-state index in [0.717, 1.165) is 17.1 Å². The van der Waals surface area contributed by atoms with Gasteiger partial charge in [-0.25, -0.2) is 4.39 Å². The first-order valence-electron chi connectivity index (χ1n) is 5.91. The van der Waals surface area contributed by atoms with Crippen LogP contribution in [0.1, 0.15) is 5.56 Å². The molecule has 3 nitrogen and oxygen atoms in total. The van der Waals surface area contributed by atoms with Crippen molar-refractivity contribution in [1.82, 2.24) is 0 Å². The molecule has 0 fully saturated rings. The van der Waals surface area contributed by atoms with Gasteiger partial charge < -0.3 is 14.8 Å². The fraction of sp³-hybridized carbons (Fsp3) is 0.143. The summed E-state index contributed by atoms with van der Waals surface area (Å²) in [4.78, 5) is 0. The van der Waals surface area contributed by atoms with Crippen molar-refractivity contribution >= 4 is 33.2 Å². The molecule has 2 aromatic carbocycles. The van der Waals surface area contributed by atoms with Crippen LogP contribution in [0, 0.1) is 5.82 Å². The van der Waals surface area contributed by atoms with Crippen LogP contribution < -0.4 is 14.8 Å². The SMILES string of the molecule is Fc1cc(Cl)c(NCc2cccc3c2OCO3)c(Br)c1. The molecule has 0 unspecified atom stereocenters. The second-order valence-electron chi connectivity index (χ2n) is 4.25. The highest BCUT2D eigenvalue weighted by molar-refractivity contribution is 9.10. The number of anilines is 1. The van der Waals surface area contributed by atoms with E-state index in [-0.39, 0.29) is 12.6 Å². The quantitative estimate of drug-likeness (QED) is 0.871. The van der Waals surface area contributed by atoms with Crippen LogP contribution in [0.5, 0.6) is 11.5 Å². The number of benzene rings is 2. The van der Waals surface area contributed by atoms with Gasteiger partial charge in [0, 0.05) is 16.6 Å². The molecule has 1 heterocycles. The number of nitrogens with one attached hydrogen (secondary N) is 1. The zero-order valence-corrected chi connectivity index (χ0v) is 12.6. The first-order valence-corrected chi connectivity index (χ1v) is 7.08. The number of rotatable bonds is 3. The third-order valence-corrected chi connectivity index (χ3v) is 3.86. The lowest BCUT2D eigenvalue weighted by Gasteiger charge is -2.12. The summed E-state index contributed by atoms with van der Waals surface area (Å²) in [5.41, 5.74) is 1.59. The monoisotopic (exact) mass is 357 g/mol. The van der Waals surface area contributed by atoms with Crippen molar-refractivity contribution in [1.29, 1.82) is 0 Å². The van der Waals surface area contributed by atoms with Gasteiger partial charge in [0.25, 0.3) is 0 Å². The van der Waals surface area contributed by atoms with Gasteiger partial charge in [-0.2, -0.15) is 0 Å². The van der Waals surface area contributed by atoms with Crippen molar-refractivity contribution in [3.05, 3.63) is 51.2 Å². The maximum absolute atomic E-state index is 13.2. The van der Waals surface area contributed by atoms with E-state index in [0.29, 0.717) is 21.7 Å². The Hall–Kier alpha value is -1.46. The molecule has 20 heavy (non-hydrogen) atoms. The Kier molecular flexibility index (Phi) is 3.72. The van der Waals surface area contributed by atoms with Crippen molar-refractivity contribution < 1.29 is 13.9 Å². The van der Waals surface area contributed by atoms with Crippen molar-refractivity contribution in [2.45, 2.75) is 6.54 Å². The number of fused-ring (bicyclic) bond motifs is 1. The van der Waals surface area contributed by atoms with Gasteiger partial charge in [0.1, 0.15) is 5.82 Å². The van der Waals surface area contributed by atoms with Crippen LogP contribution >= 0.6 is 27.5 Å². The fourth-order valence-electron chi connectivity index (χ4n) is 2.02. The maximum atomic E-state index is 13.2. The predicted octanol–water partition coefficient (Wildman–Crippen LogP) is 4.58. The summed E-state index contributed by atoms with van der Waals surface area (Å²) in [5, 5.41) is 3.49. The van der Waals surface area contributed by atoms with Crippen LogP contribution in [0.2, 0.25) is 5.02 Å². The van der Waals surface area contributed by atoms with Crippen LogP contribution in [0.25, 0.3) is 0 Å². The summed E-state index contributed by atoms with van der Waals surface area (Å²) in [6.07, 6.45) is 0. The molecule has 0 saturated heterocycles. The Morgan fingerprint density at radius 2 is 2.15 bits per heavy atom. The molecular weight excluding hydrogens is 349 g/mol. The summed E-state index contributed by atoms with van der Waals surface area (Å²) >= 11 is 9.32. The number of halogens is 3. The molecule has 0 atom stereocenters. The second-order valence-corrected chi connectivity index (χ2v) is 5.51. The Bertz CT molecular complexity index is 643. The molecule has 1 aliphatic rings. The van der Waals surface area contributed by atoms with E-state index in [1.807, 2.05) is 18.2 Å². The molecule has 0 bridgehead atoms. The number of ether oxygens (including phenoxy) is 2. The second kappa shape index (κ2) is 5.50. The highest BCUT2D eigenvalue weighted by Gasteiger charge is 2.17. The number of hydrogen-bond acceptors (Lipinski definition) is 3. The molecule has 6 heteroatoms. The Labute approximate surface area is 128 Å². The van der Waals surface area contributed by atoms with E-state index in [4.69, 9.17) is 21.1 Å². The maximum Gasteiger partial charge on any atom is 0.231 e. The molecule has 0 spiro atoms. The molecule has 0 radical (unpaired) electrons. The van der Waals surface area contributed by atoms with Crippen molar-refractivity contribution in [3.8, 4) is 11.5 Å². The third-order valence-electron chi connectivity index (χ3n) is 2.94. The minimum atomic E-state index is -0.384. The highest BCUT2D eigenvalue weighted by atomic mass is 79.9. The van der Waals surface area contributed by atoms with Crippen LogP contribution in [0.15, 0.2) is 34.8 Å². The van der Waals surface area contributed by atoms with Crippen LogP contribution in [-0.4, -0.2) is 6.79 Å². The average molecular weight is 359 g/mol. The summed E-state index contributed by atoms with van der Waals surface area (Å²) in [5.74, 6) is 1.08. The summed E-state index contributed by atoms with van der Waals surface area (Å²) < 4.78 is 24.5. The molecule has 3 rings (SSSR count). The molecule has 0 aliphatic carbocycles. The summed E-state index contributed by atoms with van der Waals surface area (Å²) in [6.45, 7) is 0.726. The molecule has 0 amide bonds. The standard InChI is InChI=1S/C14H10BrClFNO2/c15-10-4-9(17)5-11(16)13(10)18-6-8-2-1-3-12-14(8)20-7-19-12/h1-5,18H,6-7H2. The van der Waals surface area contributed by atoms with Crippen molar-refractivity contribution in [2.75, 3.05) is 12.1 Å². The topological polar surface area (TPSA) is 30.5 Å². The molecule has 1 N–H and O–H groups in total. The fourth-order valence-corrected chi connectivity index (χ4v) is 2.98. The molecular formula is C14H10BrClFNO2. The van der Waals surface area contributed by atoms with Crippen LogP contribution in [-0.2, 0) is 6.54 Å². The van der Waals surface area contributed by atoms with E-state index >= 15 is 0 Å². The average Bonchev–Trinajstić information content (AvgIpc) is 2.86. The lowest BCUT2D eigenvalue weighted by molar-refractivity contribution is 0.173. The first kappa shape index (κ1) is 13.5. The van der Waals surface area contributed by atoms with Gasteiger partial charge in [-0.05, 0) is 34.1 Å². The van der Waals surface area contributed by atoms with E-state index in [2.05, 4.69) is 21.2 Å². The minimum absolute atomic E-state index is 0.230. The molecule has 2 aromatic rings. The lowest BCUT2D eigenvalue weighted by atomic mass is 10.2. The van der Waals surface area contributed by atoms with Gasteiger partial charge in [0.05, 0.1) is 10.7 Å². The summed E-state index contributed by atoms with van der Waals surface area (Å²) in [6, 6.07) is 8.32. The van der Waals surface area contributed by atoms with Crippen LogP contribution in [0.3, 0.4) is 0 Å². The van der Waals surface area contributed by atoms with E-state index in [1.54, 1.807) is 0 Å². The third kappa shape index (κ3) is 2.55. The smallest absolute Gasteiger partial charge is 0.231 e. The number of hydrogen-bond donors (Lipinski definition) is 1. The summed E-state index contributed by atoms with van der Waals surface area (Å²) in [7, 11) is 0. The highest BCUT2D eigenvalue weighted by Crippen LogP contribution is 2.37. The van der Waals surface area contributed by atoms with Gasteiger partial charge in [0.15, 0.2) is 11.5 Å². The molecule has 1 aliphatic heterocycles. The normalized spacial score (nSPS) is 12.6. The Morgan fingerprint density at radius 1 is 1.30 bits per heavy atom. The van der Waals surface area contributed by atoms with Crippen LogP contribution in [0.4, 0.5) is 10.1 Å². The number of para-hydroxylation sites is 1. The van der Waals surface area contributed by atoms with Gasteiger partial charge in [-0.1, -0.05) is 23.7 Å². The van der Waals surface area contributed by atoms with Gasteiger partial charge in [0.2, 0.25) is 6.79 Å². The molecule has 0 aromatic heterocycles.